The van der Waals surface area contributed by atoms with Crippen LogP contribution in [0.2, 0.25) is 0 Å². The highest BCUT2D eigenvalue weighted by atomic mass is 32.2. The lowest BCUT2D eigenvalue weighted by Crippen LogP contribution is -2.59. The molecular formula is C35H46FN5O9S. The largest absolute Gasteiger partial charge is 0.494 e. The highest BCUT2D eigenvalue weighted by Crippen LogP contribution is 2.49. The van der Waals surface area contributed by atoms with Crippen molar-refractivity contribution in [3.05, 3.63) is 30.5 Å². The van der Waals surface area contributed by atoms with Crippen molar-refractivity contribution in [2.45, 2.75) is 100 Å². The molecule has 16 heteroatoms. The molecule has 4 fully saturated rings. The monoisotopic (exact) mass is 731 g/mol. The summed E-state index contributed by atoms with van der Waals surface area (Å²) in [5, 5.41) is 16.3. The molecule has 0 radical (unpaired) electrons. The highest BCUT2D eigenvalue weighted by molar-refractivity contribution is 7.91. The molecule has 1 aromatic heterocycles. The van der Waals surface area contributed by atoms with E-state index < -0.39 is 74.9 Å². The molecule has 14 nitrogen and oxygen atoms in total. The zero-order valence-corrected chi connectivity index (χ0v) is 29.8. The number of carbonyl (C=O) groups is 4. The summed E-state index contributed by atoms with van der Waals surface area (Å²) in [5.74, 6) is -2.10. The summed E-state index contributed by atoms with van der Waals surface area (Å²) in [6, 6.07) is 4.94. The van der Waals surface area contributed by atoms with Crippen molar-refractivity contribution in [2.75, 3.05) is 20.3 Å². The zero-order chi connectivity index (χ0) is 36.7. The topological polar surface area (TPSA) is 193 Å². The molecular weight excluding hydrogens is 685 g/mol. The molecule has 51 heavy (non-hydrogen) atoms. The average Bonchev–Trinajstić information content (AvgIpc) is 4.00. The Hall–Kier alpha value is -4.21. The summed E-state index contributed by atoms with van der Waals surface area (Å²) in [4.78, 5) is 60.1. The van der Waals surface area contributed by atoms with Gasteiger partial charge in [0.2, 0.25) is 27.7 Å². The van der Waals surface area contributed by atoms with Crippen LogP contribution in [0, 0.1) is 17.8 Å². The third kappa shape index (κ3) is 7.15. The van der Waals surface area contributed by atoms with Gasteiger partial charge in [0.15, 0.2) is 0 Å². The van der Waals surface area contributed by atoms with E-state index in [1.165, 1.54) is 18.2 Å². The van der Waals surface area contributed by atoms with Gasteiger partial charge in [-0.05, 0) is 55.9 Å². The van der Waals surface area contributed by atoms with E-state index in [1.54, 1.807) is 13.0 Å². The smallest absolute Gasteiger partial charge is 0.405 e. The normalized spacial score (nSPS) is 30.9. The van der Waals surface area contributed by atoms with Gasteiger partial charge in [-0.1, -0.05) is 51.3 Å². The molecule has 2 saturated heterocycles. The Morgan fingerprint density at radius 1 is 1.12 bits per heavy atom. The number of nitrogens with one attached hydrogen (secondary N) is 3. The minimum absolute atomic E-state index is 0.0180. The summed E-state index contributed by atoms with van der Waals surface area (Å²) < 4.78 is 52.2. The molecule has 0 bridgehead atoms. The van der Waals surface area contributed by atoms with Gasteiger partial charge in [-0.25, -0.2) is 22.6 Å². The molecule has 1 aromatic carbocycles. The Balaban J connectivity index is 1.33. The SMILES string of the molecule is COc1cnc(O[C@@H]2C[C@H]3C(=O)N[C@]4(C(=O)NS(=O)(=O)C5(CF)CC5)C[C@H]4CCCC[C@H](C)C[C@@H](C)[C@H](NC(=O)O)C(=O)N3C2)c2ccccc12. The third-order valence-electron chi connectivity index (χ3n) is 11.2. The van der Waals surface area contributed by atoms with Crippen molar-refractivity contribution in [3.8, 4) is 11.6 Å². The lowest BCUT2D eigenvalue weighted by molar-refractivity contribution is -0.142. The van der Waals surface area contributed by atoms with Gasteiger partial charge in [0, 0.05) is 17.2 Å². The number of alkyl halides is 1. The Bertz CT molecular complexity index is 1810. The van der Waals surface area contributed by atoms with E-state index >= 15 is 0 Å². The van der Waals surface area contributed by atoms with Gasteiger partial charge >= 0.3 is 6.09 Å². The van der Waals surface area contributed by atoms with Crippen LogP contribution in [0.4, 0.5) is 9.18 Å². The zero-order valence-electron chi connectivity index (χ0n) is 29.0. The average molecular weight is 732 g/mol. The summed E-state index contributed by atoms with van der Waals surface area (Å²) >= 11 is 0. The third-order valence-corrected chi connectivity index (χ3v) is 13.3. The van der Waals surface area contributed by atoms with Crippen molar-refractivity contribution in [3.63, 3.8) is 0 Å². The second-order valence-corrected chi connectivity index (χ2v) is 16.9. The Labute approximate surface area is 296 Å². The first-order valence-electron chi connectivity index (χ1n) is 17.6. The lowest BCUT2D eigenvalue weighted by Gasteiger charge is -2.32. The maximum absolute atomic E-state index is 14.3. The van der Waals surface area contributed by atoms with Gasteiger partial charge in [-0.15, -0.1) is 0 Å². The van der Waals surface area contributed by atoms with Crippen LogP contribution in [0.25, 0.3) is 10.8 Å². The molecule has 0 spiro atoms. The number of nitrogens with zero attached hydrogens (tertiary/aromatic N) is 2. The number of fused-ring (bicyclic) bond motifs is 3. The van der Waals surface area contributed by atoms with Gasteiger partial charge < -0.3 is 30.1 Å². The number of ether oxygens (including phenoxy) is 2. The fourth-order valence-electron chi connectivity index (χ4n) is 7.87. The number of amides is 4. The lowest BCUT2D eigenvalue weighted by atomic mass is 9.87. The number of hydrogen-bond acceptors (Lipinski definition) is 9. The molecule has 2 saturated carbocycles. The molecule has 6 rings (SSSR count). The molecule has 2 aliphatic carbocycles. The second-order valence-electron chi connectivity index (χ2n) is 14.8. The van der Waals surface area contributed by atoms with Crippen molar-refractivity contribution in [1.82, 2.24) is 25.2 Å². The first-order valence-corrected chi connectivity index (χ1v) is 19.1. The molecule has 4 aliphatic rings. The van der Waals surface area contributed by atoms with Gasteiger partial charge in [-0.3, -0.25) is 19.1 Å². The predicted molar refractivity (Wildman–Crippen MR) is 183 cm³/mol. The number of methoxy groups -OCH3 is 1. The van der Waals surface area contributed by atoms with E-state index in [2.05, 4.69) is 20.3 Å². The number of rotatable bonds is 8. The number of halogens is 1. The molecule has 278 valence electrons. The Kier molecular flexibility index (Phi) is 10.1. The second kappa shape index (κ2) is 14.1. The summed E-state index contributed by atoms with van der Waals surface area (Å²) in [6.07, 6.45) is 3.09. The van der Waals surface area contributed by atoms with E-state index in [0.717, 1.165) is 18.2 Å². The standard InChI is InChI=1S/C35H46FN5O9S/c1-20-8-4-5-9-22-16-35(22,32(44)40-51(47,48)34(19-36)12-13-34)39-29(42)26-15-23(18-41(26)31(43)28(21(2)14-20)38-33(45)46)50-30-25-11-7-6-10-24(25)27(49-3)17-37-30/h6-7,10-11,17,20-23,26,28,38H,4-5,8-9,12-16,18-19H2,1-3H3,(H,39,42)(H,40,44)(H,45,46)/t20-,21+,22+,23+,26-,28-,35+/m0/s1. The molecule has 7 atom stereocenters. The Morgan fingerprint density at radius 2 is 1.82 bits per heavy atom. The number of carboxylic acid groups (broad SMARTS) is 1. The quantitative estimate of drug-likeness (QED) is 0.313. The van der Waals surface area contributed by atoms with E-state index in [0.29, 0.717) is 30.4 Å². The van der Waals surface area contributed by atoms with Crippen LogP contribution in [-0.2, 0) is 24.4 Å². The van der Waals surface area contributed by atoms with Crippen LogP contribution < -0.4 is 24.8 Å². The van der Waals surface area contributed by atoms with Crippen LogP contribution in [0.5, 0.6) is 11.6 Å². The van der Waals surface area contributed by atoms with Gasteiger partial charge in [0.05, 0.1) is 19.9 Å². The van der Waals surface area contributed by atoms with Crippen molar-refractivity contribution >= 4 is 44.6 Å². The predicted octanol–water partition coefficient (Wildman–Crippen LogP) is 3.29. The summed E-state index contributed by atoms with van der Waals surface area (Å²) in [7, 11) is -2.83. The first-order chi connectivity index (χ1) is 24.2. The molecule has 0 unspecified atom stereocenters. The minimum atomic E-state index is -4.36. The van der Waals surface area contributed by atoms with Crippen molar-refractivity contribution in [1.29, 1.82) is 0 Å². The fraction of sp³-hybridized carbons (Fsp3) is 0.629. The van der Waals surface area contributed by atoms with Crippen LogP contribution in [0.3, 0.4) is 0 Å². The summed E-state index contributed by atoms with van der Waals surface area (Å²) in [5.41, 5.74) is -1.57. The molecule has 2 aliphatic heterocycles. The maximum atomic E-state index is 14.3. The van der Waals surface area contributed by atoms with Crippen molar-refractivity contribution in [2.24, 2.45) is 17.8 Å². The molecule has 4 amide bonds. The number of carbonyl (C=O) groups excluding carboxylic acids is 3. The van der Waals surface area contributed by atoms with Crippen LogP contribution in [-0.4, -0.2) is 96.0 Å². The molecule has 4 N–H and O–H groups in total. The van der Waals surface area contributed by atoms with E-state index in [4.69, 9.17) is 9.47 Å². The first kappa shape index (κ1) is 36.6. The van der Waals surface area contributed by atoms with Gasteiger partial charge in [-0.2, -0.15) is 0 Å². The van der Waals surface area contributed by atoms with E-state index in [-0.39, 0.29) is 49.9 Å². The number of sulfonamides is 1. The van der Waals surface area contributed by atoms with Crippen LogP contribution >= 0.6 is 0 Å². The van der Waals surface area contributed by atoms with Crippen LogP contribution in [0.15, 0.2) is 30.5 Å². The molecule has 3 heterocycles. The summed E-state index contributed by atoms with van der Waals surface area (Å²) in [6.45, 7) is 2.63. The highest BCUT2D eigenvalue weighted by Gasteiger charge is 2.64. The number of hydrogen-bond donors (Lipinski definition) is 4. The van der Waals surface area contributed by atoms with Gasteiger partial charge in [0.25, 0.3) is 5.91 Å². The fourth-order valence-corrected chi connectivity index (χ4v) is 9.29. The van der Waals surface area contributed by atoms with Crippen LogP contribution in [0.1, 0.15) is 71.6 Å². The number of aromatic nitrogens is 1. The Morgan fingerprint density at radius 3 is 2.49 bits per heavy atom. The minimum Gasteiger partial charge on any atom is -0.494 e. The van der Waals surface area contributed by atoms with E-state index in [9.17, 15) is 37.1 Å². The maximum Gasteiger partial charge on any atom is 0.405 e. The van der Waals surface area contributed by atoms with Gasteiger partial charge in [0.1, 0.15) is 40.9 Å². The van der Waals surface area contributed by atoms with E-state index in [1.807, 2.05) is 25.1 Å². The number of pyridine rings is 1. The van der Waals surface area contributed by atoms with Crippen molar-refractivity contribution < 1.29 is 46.6 Å². The number of benzene rings is 1. The molecule has 2 aromatic rings.